The van der Waals surface area contributed by atoms with Crippen molar-refractivity contribution in [1.29, 1.82) is 0 Å². The predicted octanol–water partition coefficient (Wildman–Crippen LogP) is 3.96. The predicted molar refractivity (Wildman–Crippen MR) is 112 cm³/mol. The minimum atomic E-state index is -4.75. The van der Waals surface area contributed by atoms with E-state index < -0.39 is 23.3 Å². The lowest BCUT2D eigenvalue weighted by molar-refractivity contribution is -0.142. The highest BCUT2D eigenvalue weighted by molar-refractivity contribution is 6.00. The van der Waals surface area contributed by atoms with Crippen LogP contribution in [-0.2, 0) is 6.18 Å². The summed E-state index contributed by atoms with van der Waals surface area (Å²) in [4.78, 5) is 17.1. The molecule has 1 amide bonds. The smallest absolute Gasteiger partial charge is 0.433 e. The number of carbonyl (C=O) groups is 1. The maximum atomic E-state index is 13.8. The molecule has 168 valence electrons. The fraction of sp³-hybridized carbons (Fsp3) is 0.318. The van der Waals surface area contributed by atoms with Crippen molar-refractivity contribution in [3.63, 3.8) is 0 Å². The van der Waals surface area contributed by atoms with Crippen LogP contribution >= 0.6 is 0 Å². The Bertz CT molecular complexity index is 1210. The van der Waals surface area contributed by atoms with Gasteiger partial charge in [-0.2, -0.15) is 18.3 Å². The highest BCUT2D eigenvalue weighted by Gasteiger charge is 2.36. The number of fused-ring (bicyclic) bond motifs is 1. The van der Waals surface area contributed by atoms with Crippen LogP contribution in [0.1, 0.15) is 36.3 Å². The lowest BCUT2D eigenvalue weighted by Crippen LogP contribution is -2.44. The Morgan fingerprint density at radius 2 is 1.91 bits per heavy atom. The number of ether oxygens (including phenoxy) is 2. The molecule has 0 saturated carbocycles. The van der Waals surface area contributed by atoms with E-state index in [-0.39, 0.29) is 16.9 Å². The van der Waals surface area contributed by atoms with E-state index in [1.165, 1.54) is 20.3 Å². The van der Waals surface area contributed by atoms with Crippen LogP contribution in [0.25, 0.3) is 16.9 Å². The van der Waals surface area contributed by atoms with Gasteiger partial charge in [0.2, 0.25) is 0 Å². The van der Waals surface area contributed by atoms with Gasteiger partial charge in [-0.25, -0.2) is 9.50 Å². The summed E-state index contributed by atoms with van der Waals surface area (Å²) in [5.41, 5.74) is -2.12. The van der Waals surface area contributed by atoms with Gasteiger partial charge in [-0.1, -0.05) is 12.8 Å². The summed E-state index contributed by atoms with van der Waals surface area (Å²) >= 11 is 0. The van der Waals surface area contributed by atoms with E-state index in [2.05, 4.69) is 21.3 Å². The van der Waals surface area contributed by atoms with Crippen LogP contribution in [0.5, 0.6) is 11.5 Å². The summed E-state index contributed by atoms with van der Waals surface area (Å²) in [5, 5.41) is 6.41. The van der Waals surface area contributed by atoms with E-state index in [0.29, 0.717) is 28.0 Å². The lowest BCUT2D eigenvalue weighted by Gasteiger charge is -2.23. The molecular weight excluding hydrogens is 425 g/mol. The van der Waals surface area contributed by atoms with E-state index >= 15 is 0 Å². The molecule has 1 aromatic carbocycles. The van der Waals surface area contributed by atoms with Gasteiger partial charge in [0, 0.05) is 5.56 Å². The van der Waals surface area contributed by atoms with Crippen LogP contribution in [0.2, 0.25) is 0 Å². The number of methoxy groups -OCH3 is 2. The Hall–Kier alpha value is -3.74. The molecule has 3 rings (SSSR count). The Morgan fingerprint density at radius 1 is 1.22 bits per heavy atom. The number of hydrogen-bond donors (Lipinski definition) is 1. The summed E-state index contributed by atoms with van der Waals surface area (Å²) in [6, 6.07) is 5.46. The Labute approximate surface area is 182 Å². The number of amides is 1. The summed E-state index contributed by atoms with van der Waals surface area (Å²) in [7, 11) is 2.86. The van der Waals surface area contributed by atoms with Gasteiger partial charge < -0.3 is 14.8 Å². The van der Waals surface area contributed by atoms with E-state index in [1.54, 1.807) is 26.0 Å². The second-order valence-corrected chi connectivity index (χ2v) is 7.17. The molecule has 32 heavy (non-hydrogen) atoms. The first-order valence-corrected chi connectivity index (χ1v) is 9.55. The van der Waals surface area contributed by atoms with Crippen molar-refractivity contribution in [2.45, 2.75) is 32.0 Å². The molecule has 7 nitrogen and oxygen atoms in total. The average Bonchev–Trinajstić information content (AvgIpc) is 3.21. The highest BCUT2D eigenvalue weighted by Crippen LogP contribution is 2.35. The van der Waals surface area contributed by atoms with Gasteiger partial charge in [0.15, 0.2) is 22.8 Å². The molecule has 0 fully saturated rings. The van der Waals surface area contributed by atoms with Crippen molar-refractivity contribution in [3.8, 4) is 35.1 Å². The molecule has 0 saturated heterocycles. The summed E-state index contributed by atoms with van der Waals surface area (Å²) in [5.74, 6) is 2.53. The molecule has 0 spiro atoms. The van der Waals surface area contributed by atoms with Crippen molar-refractivity contribution in [3.05, 3.63) is 41.7 Å². The first-order valence-electron chi connectivity index (χ1n) is 9.55. The molecule has 0 radical (unpaired) electrons. The number of benzene rings is 1. The summed E-state index contributed by atoms with van der Waals surface area (Å²) < 4.78 is 52.4. The van der Waals surface area contributed by atoms with Gasteiger partial charge in [0.05, 0.1) is 31.6 Å². The standard InChI is InChI=1S/C22H21F3N4O3/c1-6-21(3,7-2)28-20(30)14-12-26-29-18(22(23,24)25)11-15(27-19(14)29)13-8-9-16(31-4)17(10-13)32-5/h1,8-12H,7H2,2-5H3,(H,28,30). The Morgan fingerprint density at radius 3 is 2.47 bits per heavy atom. The Kier molecular flexibility index (Phi) is 6.03. The number of nitrogens with zero attached hydrogens (tertiary/aromatic N) is 3. The lowest BCUT2D eigenvalue weighted by atomic mass is 10.00. The number of halogens is 3. The molecule has 2 aromatic heterocycles. The Balaban J connectivity index is 2.21. The number of aromatic nitrogens is 3. The van der Waals surface area contributed by atoms with Crippen LogP contribution in [0, 0.1) is 12.3 Å². The number of rotatable bonds is 6. The van der Waals surface area contributed by atoms with Crippen molar-refractivity contribution in [2.75, 3.05) is 14.2 Å². The number of nitrogens with one attached hydrogen (secondary N) is 1. The van der Waals surface area contributed by atoms with Gasteiger partial charge >= 0.3 is 6.18 Å². The largest absolute Gasteiger partial charge is 0.493 e. The third-order valence-corrected chi connectivity index (χ3v) is 5.10. The van der Waals surface area contributed by atoms with Crippen LogP contribution in [0.3, 0.4) is 0 Å². The normalized spacial score (nSPS) is 13.3. The first-order chi connectivity index (χ1) is 15.1. The number of alkyl halides is 3. The molecule has 3 aromatic rings. The molecule has 0 bridgehead atoms. The molecule has 1 N–H and O–H groups in total. The molecule has 1 atom stereocenters. The quantitative estimate of drug-likeness (QED) is 0.580. The second-order valence-electron chi connectivity index (χ2n) is 7.17. The van der Waals surface area contributed by atoms with Crippen molar-refractivity contribution >= 4 is 11.6 Å². The number of carbonyl (C=O) groups excluding carboxylic acids is 1. The number of terminal acetylenes is 1. The minimum absolute atomic E-state index is 0.0180. The zero-order valence-electron chi connectivity index (χ0n) is 17.9. The molecule has 0 aliphatic rings. The van der Waals surface area contributed by atoms with Gasteiger partial charge in [-0.3, -0.25) is 4.79 Å². The third kappa shape index (κ3) is 4.19. The second kappa shape index (κ2) is 8.42. The van der Waals surface area contributed by atoms with Crippen LogP contribution < -0.4 is 14.8 Å². The van der Waals surface area contributed by atoms with Crippen LogP contribution in [0.4, 0.5) is 13.2 Å². The zero-order chi connectivity index (χ0) is 23.7. The van der Waals surface area contributed by atoms with E-state index in [4.69, 9.17) is 15.9 Å². The average molecular weight is 446 g/mol. The molecule has 0 aliphatic carbocycles. The van der Waals surface area contributed by atoms with Crippen molar-refractivity contribution in [2.24, 2.45) is 0 Å². The van der Waals surface area contributed by atoms with Crippen molar-refractivity contribution < 1.29 is 27.4 Å². The molecule has 0 aliphatic heterocycles. The molecule has 1 unspecified atom stereocenters. The summed E-state index contributed by atoms with van der Waals surface area (Å²) in [6.45, 7) is 3.42. The van der Waals surface area contributed by atoms with E-state index in [9.17, 15) is 18.0 Å². The SMILES string of the molecule is C#CC(C)(CC)NC(=O)c1cnn2c(C(F)(F)F)cc(-c3ccc(OC)c(OC)c3)nc12. The molecular formula is C22H21F3N4O3. The fourth-order valence-corrected chi connectivity index (χ4v) is 3.01. The topological polar surface area (TPSA) is 77.8 Å². The minimum Gasteiger partial charge on any atom is -0.493 e. The van der Waals surface area contributed by atoms with Gasteiger partial charge in [0.25, 0.3) is 5.91 Å². The maximum Gasteiger partial charge on any atom is 0.433 e. The van der Waals surface area contributed by atoms with Crippen molar-refractivity contribution in [1.82, 2.24) is 19.9 Å². The number of hydrogen-bond acceptors (Lipinski definition) is 5. The third-order valence-electron chi connectivity index (χ3n) is 5.10. The fourth-order valence-electron chi connectivity index (χ4n) is 3.01. The van der Waals surface area contributed by atoms with Crippen LogP contribution in [0.15, 0.2) is 30.5 Å². The summed E-state index contributed by atoms with van der Waals surface area (Å²) in [6.07, 6.45) is 2.21. The van der Waals surface area contributed by atoms with E-state index in [1.807, 2.05) is 0 Å². The first kappa shape index (κ1) is 22.9. The highest BCUT2D eigenvalue weighted by atomic mass is 19.4. The van der Waals surface area contributed by atoms with Gasteiger partial charge in [0.1, 0.15) is 5.56 Å². The molecule has 2 heterocycles. The van der Waals surface area contributed by atoms with Gasteiger partial charge in [-0.05, 0) is 37.6 Å². The van der Waals surface area contributed by atoms with Crippen LogP contribution in [-0.4, -0.2) is 40.3 Å². The maximum absolute atomic E-state index is 13.8. The monoisotopic (exact) mass is 446 g/mol. The van der Waals surface area contributed by atoms with Gasteiger partial charge in [-0.15, -0.1) is 6.42 Å². The molecule has 10 heteroatoms. The van der Waals surface area contributed by atoms with E-state index in [0.717, 1.165) is 12.3 Å². The zero-order valence-corrected chi connectivity index (χ0v) is 17.9.